The highest BCUT2D eigenvalue weighted by Crippen LogP contribution is 2.32. The highest BCUT2D eigenvalue weighted by Gasteiger charge is 2.33. The zero-order valence-electron chi connectivity index (χ0n) is 18.2. The largest absolute Gasteiger partial charge is 0.573 e. The smallest absolute Gasteiger partial charge is 0.404 e. The Morgan fingerprint density at radius 2 is 1.94 bits per heavy atom. The van der Waals surface area contributed by atoms with Crippen LogP contribution in [-0.2, 0) is 9.53 Å². The summed E-state index contributed by atoms with van der Waals surface area (Å²) in [7, 11) is 0. The average molecular weight is 559 g/mol. The Balaban J connectivity index is 1.72. The molecule has 1 fully saturated rings. The number of hydrogen-bond acceptors (Lipinski definition) is 6. The van der Waals surface area contributed by atoms with Gasteiger partial charge in [-0.2, -0.15) is 0 Å². The third-order valence-electron chi connectivity index (χ3n) is 5.52. The lowest BCUT2D eigenvalue weighted by Gasteiger charge is -2.31. The number of alkyl halides is 3. The van der Waals surface area contributed by atoms with Gasteiger partial charge in [-0.1, -0.05) is 0 Å². The number of nitrogens with one attached hydrogen (secondary N) is 1. The fraction of sp³-hybridized carbons (Fsp3) is 0.318. The minimum atomic E-state index is -5.01. The second kappa shape index (κ2) is 9.91. The van der Waals surface area contributed by atoms with Crippen molar-refractivity contribution in [3.05, 3.63) is 57.3 Å². The molecule has 3 aromatic rings. The lowest BCUT2D eigenvalue weighted by Crippen LogP contribution is -2.47. The third-order valence-corrected chi connectivity index (χ3v) is 6.13. The molecule has 0 saturated carbocycles. The maximum absolute atomic E-state index is 14.3. The number of ether oxygens (including phenoxy) is 2. The van der Waals surface area contributed by atoms with Crippen LogP contribution in [0.4, 0.5) is 23.2 Å². The van der Waals surface area contributed by atoms with Gasteiger partial charge >= 0.3 is 6.36 Å². The van der Waals surface area contributed by atoms with E-state index in [-0.39, 0.29) is 26.8 Å². The Labute approximate surface area is 204 Å². The van der Waals surface area contributed by atoms with Gasteiger partial charge in [0.05, 0.1) is 40.5 Å². The van der Waals surface area contributed by atoms with Gasteiger partial charge in [0.1, 0.15) is 11.8 Å². The monoisotopic (exact) mass is 558 g/mol. The van der Waals surface area contributed by atoms with Gasteiger partial charge in [0.2, 0.25) is 5.91 Å². The normalized spacial score (nSPS) is 15.7. The number of hydrogen-bond donors (Lipinski definition) is 1. The van der Waals surface area contributed by atoms with E-state index < -0.39 is 35.4 Å². The molecule has 0 aliphatic carbocycles. The Hall–Kier alpha value is -3.03. The molecular formula is C22H19BrF4N4O4. The molecule has 1 unspecified atom stereocenters. The van der Waals surface area contributed by atoms with Crippen molar-refractivity contribution in [3.63, 3.8) is 0 Å². The Kier molecular flexibility index (Phi) is 7.10. The van der Waals surface area contributed by atoms with Gasteiger partial charge in [-0.3, -0.25) is 19.1 Å². The Morgan fingerprint density at radius 3 is 2.63 bits per heavy atom. The molecule has 0 bridgehead atoms. The van der Waals surface area contributed by atoms with Crippen molar-refractivity contribution in [1.82, 2.24) is 14.5 Å². The predicted molar refractivity (Wildman–Crippen MR) is 122 cm³/mol. The zero-order chi connectivity index (χ0) is 25.3. The first-order valence-electron chi connectivity index (χ1n) is 10.4. The number of aromatic nitrogens is 2. The molecule has 2 heterocycles. The van der Waals surface area contributed by atoms with E-state index in [9.17, 15) is 27.2 Å². The number of carbonyl (C=O) groups is 1. The molecule has 1 N–H and O–H groups in total. The van der Waals surface area contributed by atoms with Crippen LogP contribution in [0.1, 0.15) is 6.92 Å². The van der Waals surface area contributed by atoms with Crippen LogP contribution in [0.2, 0.25) is 0 Å². The molecule has 1 aromatic heterocycles. The van der Waals surface area contributed by atoms with E-state index in [1.807, 2.05) is 4.90 Å². The third kappa shape index (κ3) is 5.46. The molecule has 0 spiro atoms. The quantitative estimate of drug-likeness (QED) is 0.479. The zero-order valence-corrected chi connectivity index (χ0v) is 19.8. The van der Waals surface area contributed by atoms with Crippen molar-refractivity contribution in [2.45, 2.75) is 19.3 Å². The number of rotatable bonds is 5. The highest BCUT2D eigenvalue weighted by molar-refractivity contribution is 9.10. The van der Waals surface area contributed by atoms with Crippen molar-refractivity contribution < 1.29 is 31.8 Å². The molecular weight excluding hydrogens is 540 g/mol. The number of nitrogens with zero attached hydrogens (tertiary/aromatic N) is 3. The van der Waals surface area contributed by atoms with Crippen LogP contribution in [0.25, 0.3) is 16.6 Å². The SMILES string of the molecule is CC(C(=O)Nc1cc(-n2cnc3c(F)c(Br)ccc3c2=O)ccc1OC(F)(F)F)N1CCOCC1. The van der Waals surface area contributed by atoms with Gasteiger partial charge in [-0.15, -0.1) is 13.2 Å². The molecule has 186 valence electrons. The summed E-state index contributed by atoms with van der Waals surface area (Å²) in [4.78, 5) is 31.6. The molecule has 1 amide bonds. The minimum absolute atomic E-state index is 0.0321. The number of anilines is 1. The molecule has 2 aromatic carbocycles. The molecule has 13 heteroatoms. The second-order valence-electron chi connectivity index (χ2n) is 7.72. The van der Waals surface area contributed by atoms with Crippen LogP contribution in [0.15, 0.2) is 45.9 Å². The van der Waals surface area contributed by atoms with E-state index in [1.165, 1.54) is 18.2 Å². The van der Waals surface area contributed by atoms with Crippen molar-refractivity contribution in [3.8, 4) is 11.4 Å². The van der Waals surface area contributed by atoms with E-state index >= 15 is 0 Å². The lowest BCUT2D eigenvalue weighted by molar-refractivity contribution is -0.274. The van der Waals surface area contributed by atoms with Crippen LogP contribution in [0, 0.1) is 5.82 Å². The van der Waals surface area contributed by atoms with E-state index in [0.29, 0.717) is 26.3 Å². The molecule has 8 nitrogen and oxygen atoms in total. The highest BCUT2D eigenvalue weighted by atomic mass is 79.9. The summed E-state index contributed by atoms with van der Waals surface area (Å²) in [6, 6.07) is 5.41. The first-order valence-corrected chi connectivity index (χ1v) is 11.2. The van der Waals surface area contributed by atoms with Crippen LogP contribution in [0.5, 0.6) is 5.75 Å². The number of amides is 1. The number of morpholine rings is 1. The minimum Gasteiger partial charge on any atom is -0.404 e. The molecule has 1 aliphatic rings. The first kappa shape index (κ1) is 25.1. The summed E-state index contributed by atoms with van der Waals surface area (Å²) in [5.41, 5.74) is -1.01. The number of fused-ring (bicyclic) bond motifs is 1. The van der Waals surface area contributed by atoms with Crippen molar-refractivity contribution in [2.75, 3.05) is 31.6 Å². The van der Waals surface area contributed by atoms with E-state index in [1.54, 1.807) is 6.92 Å². The number of benzene rings is 2. The van der Waals surface area contributed by atoms with Gasteiger partial charge < -0.3 is 14.8 Å². The summed E-state index contributed by atoms with van der Waals surface area (Å²) >= 11 is 3.03. The predicted octanol–water partition coefficient (Wildman–Crippen LogP) is 3.85. The van der Waals surface area contributed by atoms with E-state index in [4.69, 9.17) is 4.74 Å². The van der Waals surface area contributed by atoms with Crippen molar-refractivity contribution in [1.29, 1.82) is 0 Å². The standard InChI is InChI=1S/C22H19BrF4N4O4/c1-12(30-6-8-34-9-7-30)20(32)29-16-10-13(2-5-17(16)35-22(25,26)27)31-11-28-19-14(21(31)33)3-4-15(23)18(19)24/h2-5,10-12H,6-9H2,1H3,(H,29,32). The molecule has 35 heavy (non-hydrogen) atoms. The topological polar surface area (TPSA) is 85.7 Å². The van der Waals surface area contributed by atoms with Gasteiger partial charge in [-0.05, 0) is 53.2 Å². The van der Waals surface area contributed by atoms with E-state index in [0.717, 1.165) is 23.0 Å². The maximum atomic E-state index is 14.3. The summed E-state index contributed by atoms with van der Waals surface area (Å²) < 4.78 is 63.8. The summed E-state index contributed by atoms with van der Waals surface area (Å²) in [6.45, 7) is 3.48. The Morgan fingerprint density at radius 1 is 1.23 bits per heavy atom. The van der Waals surface area contributed by atoms with Gasteiger partial charge in [0.25, 0.3) is 5.56 Å². The van der Waals surface area contributed by atoms with Crippen molar-refractivity contribution in [2.24, 2.45) is 0 Å². The fourth-order valence-electron chi connectivity index (χ4n) is 3.67. The average Bonchev–Trinajstić information content (AvgIpc) is 2.82. The number of halogens is 5. The number of carbonyl (C=O) groups excluding carboxylic acids is 1. The maximum Gasteiger partial charge on any atom is 0.573 e. The second-order valence-corrected chi connectivity index (χ2v) is 8.57. The summed E-state index contributed by atoms with van der Waals surface area (Å²) in [5, 5.41) is 2.43. The van der Waals surface area contributed by atoms with Crippen LogP contribution in [-0.4, -0.2) is 59.1 Å². The summed E-state index contributed by atoms with van der Waals surface area (Å²) in [6.07, 6.45) is -3.95. The molecule has 1 aliphatic heterocycles. The van der Waals surface area contributed by atoms with Gasteiger partial charge in [-0.25, -0.2) is 9.37 Å². The molecule has 1 saturated heterocycles. The van der Waals surface area contributed by atoms with Gasteiger partial charge in [0.15, 0.2) is 11.6 Å². The molecule has 0 radical (unpaired) electrons. The van der Waals surface area contributed by atoms with Crippen molar-refractivity contribution >= 4 is 38.4 Å². The first-order chi connectivity index (χ1) is 16.5. The van der Waals surface area contributed by atoms with Crippen LogP contribution in [0.3, 0.4) is 0 Å². The molecule has 1 atom stereocenters. The van der Waals surface area contributed by atoms with E-state index in [2.05, 4.69) is 31.0 Å². The molecule has 4 rings (SSSR count). The van der Waals surface area contributed by atoms with Gasteiger partial charge in [0, 0.05) is 13.1 Å². The van der Waals surface area contributed by atoms with Crippen LogP contribution < -0.4 is 15.6 Å². The fourth-order valence-corrected chi connectivity index (χ4v) is 3.99. The summed E-state index contributed by atoms with van der Waals surface area (Å²) in [5.74, 6) is -1.93. The Bertz CT molecular complexity index is 1330. The van der Waals surface area contributed by atoms with Crippen LogP contribution >= 0.6 is 15.9 Å². The lowest BCUT2D eigenvalue weighted by atomic mass is 10.2.